The summed E-state index contributed by atoms with van der Waals surface area (Å²) in [4.78, 5) is 19.4. The fourth-order valence-corrected chi connectivity index (χ4v) is 3.91. The van der Waals surface area contributed by atoms with E-state index in [1.807, 2.05) is 6.20 Å². The summed E-state index contributed by atoms with van der Waals surface area (Å²) in [5.41, 5.74) is 8.45. The minimum Gasteiger partial charge on any atom is -0.368 e. The molecule has 7 nitrogen and oxygen atoms in total. The monoisotopic (exact) mass is 307 g/mol. The van der Waals surface area contributed by atoms with E-state index in [1.165, 1.54) is 5.56 Å². The molecule has 1 saturated heterocycles. The van der Waals surface area contributed by atoms with E-state index in [2.05, 4.69) is 30.9 Å². The molecule has 2 aliphatic rings. The fourth-order valence-electron chi connectivity index (χ4n) is 3.91. The van der Waals surface area contributed by atoms with Crippen LogP contribution in [0, 0.1) is 11.3 Å². The molecule has 0 bridgehead atoms. The van der Waals surface area contributed by atoms with Crippen LogP contribution in [0.5, 0.6) is 0 Å². The van der Waals surface area contributed by atoms with Gasteiger partial charge >= 0.3 is 0 Å². The second-order valence-electron chi connectivity index (χ2n) is 6.25. The molecule has 4 rings (SSSR count). The average molecular weight is 307 g/mol. The highest BCUT2D eigenvalue weighted by molar-refractivity contribution is 5.51. The van der Waals surface area contributed by atoms with Gasteiger partial charge in [-0.1, -0.05) is 0 Å². The van der Waals surface area contributed by atoms with E-state index in [0.29, 0.717) is 17.5 Å². The van der Waals surface area contributed by atoms with Crippen molar-refractivity contribution in [3.63, 3.8) is 0 Å². The number of piperidine rings is 1. The van der Waals surface area contributed by atoms with Crippen LogP contribution in [-0.2, 0) is 11.8 Å². The molecule has 1 spiro atoms. The molecule has 1 aliphatic heterocycles. The first-order valence-corrected chi connectivity index (χ1v) is 7.80. The van der Waals surface area contributed by atoms with Crippen LogP contribution in [-0.4, -0.2) is 33.0 Å². The largest absolute Gasteiger partial charge is 0.368 e. The number of anilines is 2. The first-order valence-electron chi connectivity index (χ1n) is 7.80. The van der Waals surface area contributed by atoms with Crippen molar-refractivity contribution in [2.45, 2.75) is 31.1 Å². The van der Waals surface area contributed by atoms with E-state index in [1.54, 1.807) is 12.4 Å². The Morgan fingerprint density at radius 3 is 2.96 bits per heavy atom. The van der Waals surface area contributed by atoms with Crippen molar-refractivity contribution in [3.05, 3.63) is 35.5 Å². The number of nitrogens with two attached hydrogens (primary N) is 1. The fraction of sp³-hybridized carbons (Fsp3) is 0.438. The van der Waals surface area contributed by atoms with Crippen molar-refractivity contribution >= 4 is 11.8 Å². The first-order chi connectivity index (χ1) is 11.2. The summed E-state index contributed by atoms with van der Waals surface area (Å²) in [5.74, 6) is 1.00. The maximum absolute atomic E-state index is 9.28. The summed E-state index contributed by atoms with van der Waals surface area (Å²) < 4.78 is 0. The van der Waals surface area contributed by atoms with Crippen LogP contribution in [0.2, 0.25) is 0 Å². The number of nitriles is 1. The second kappa shape index (κ2) is 5.16. The number of aryl methyl sites for hydroxylation is 1. The molecule has 3 heterocycles. The number of fused-ring (bicyclic) bond motifs is 2. The molecule has 1 aliphatic carbocycles. The van der Waals surface area contributed by atoms with Crippen LogP contribution in [0.1, 0.15) is 36.2 Å². The quantitative estimate of drug-likeness (QED) is 0.844. The van der Waals surface area contributed by atoms with Gasteiger partial charge in [-0.05, 0) is 31.2 Å². The molecule has 2 aromatic rings. The van der Waals surface area contributed by atoms with Crippen LogP contribution >= 0.6 is 0 Å². The van der Waals surface area contributed by atoms with Crippen molar-refractivity contribution in [2.75, 3.05) is 23.7 Å². The van der Waals surface area contributed by atoms with E-state index in [9.17, 15) is 5.26 Å². The molecular formula is C16H17N7. The number of nitrogen functional groups attached to an aromatic ring is 1. The summed E-state index contributed by atoms with van der Waals surface area (Å²) >= 11 is 0. The van der Waals surface area contributed by atoms with Crippen molar-refractivity contribution in [2.24, 2.45) is 0 Å². The number of rotatable bonds is 1. The molecule has 116 valence electrons. The third kappa shape index (κ3) is 2.18. The maximum Gasteiger partial charge on any atom is 0.220 e. The Morgan fingerprint density at radius 2 is 2.09 bits per heavy atom. The Labute approximate surface area is 134 Å². The van der Waals surface area contributed by atoms with Crippen LogP contribution in [0.4, 0.5) is 11.8 Å². The molecule has 2 N–H and O–H groups in total. The van der Waals surface area contributed by atoms with E-state index in [0.717, 1.165) is 44.5 Å². The Morgan fingerprint density at radius 1 is 1.22 bits per heavy atom. The van der Waals surface area contributed by atoms with Gasteiger partial charge in [0.25, 0.3) is 0 Å². The lowest BCUT2D eigenvalue weighted by molar-refractivity contribution is 0.333. The Hall–Kier alpha value is -2.75. The van der Waals surface area contributed by atoms with Gasteiger partial charge in [-0.2, -0.15) is 5.26 Å². The van der Waals surface area contributed by atoms with E-state index in [-0.39, 0.29) is 5.41 Å². The third-order valence-corrected chi connectivity index (χ3v) is 4.92. The summed E-state index contributed by atoms with van der Waals surface area (Å²) in [6.45, 7) is 1.68. The highest BCUT2D eigenvalue weighted by Gasteiger charge is 2.44. The van der Waals surface area contributed by atoms with Gasteiger partial charge < -0.3 is 10.6 Å². The van der Waals surface area contributed by atoms with E-state index < -0.39 is 0 Å². The highest BCUT2D eigenvalue weighted by Crippen LogP contribution is 2.44. The van der Waals surface area contributed by atoms with Gasteiger partial charge in [-0.25, -0.2) is 19.9 Å². The summed E-state index contributed by atoms with van der Waals surface area (Å²) in [5, 5.41) is 9.28. The average Bonchev–Trinajstić information content (AvgIpc) is 2.92. The highest BCUT2D eigenvalue weighted by atomic mass is 15.2. The molecule has 0 radical (unpaired) electrons. The predicted molar refractivity (Wildman–Crippen MR) is 84.6 cm³/mol. The topological polar surface area (TPSA) is 105 Å². The van der Waals surface area contributed by atoms with Crippen LogP contribution in [0.15, 0.2) is 18.6 Å². The normalized spacial score (nSPS) is 22.8. The number of aromatic nitrogens is 4. The number of hydrogen-bond donors (Lipinski definition) is 1. The van der Waals surface area contributed by atoms with Crippen LogP contribution in [0.25, 0.3) is 0 Å². The van der Waals surface area contributed by atoms with Gasteiger partial charge in [0.1, 0.15) is 6.07 Å². The van der Waals surface area contributed by atoms with Gasteiger partial charge in [0.15, 0.2) is 11.5 Å². The molecular weight excluding hydrogens is 290 g/mol. The predicted octanol–water partition coefficient (Wildman–Crippen LogP) is 1.20. The summed E-state index contributed by atoms with van der Waals surface area (Å²) in [6, 6.07) is 2.14. The number of hydrogen-bond acceptors (Lipinski definition) is 7. The standard InChI is InChI=1S/C16H17N7/c17-8-12-14(20-6-5-19-12)23-7-1-3-16(10-23)4-2-11-9-21-15(18)22-13(11)16/h5-6,9H,1-4,7,10H2,(H2,18,21,22). The number of nitrogens with zero attached hydrogens (tertiary/aromatic N) is 6. The Balaban J connectivity index is 1.72. The zero-order valence-corrected chi connectivity index (χ0v) is 12.7. The first kappa shape index (κ1) is 13.9. The molecule has 1 atom stereocenters. The van der Waals surface area contributed by atoms with Gasteiger partial charge in [-0.3, -0.25) is 0 Å². The van der Waals surface area contributed by atoms with Crippen molar-refractivity contribution in [1.29, 1.82) is 5.26 Å². The van der Waals surface area contributed by atoms with Crippen molar-refractivity contribution in [3.8, 4) is 6.07 Å². The van der Waals surface area contributed by atoms with Crippen molar-refractivity contribution < 1.29 is 0 Å². The lowest BCUT2D eigenvalue weighted by atomic mass is 9.77. The van der Waals surface area contributed by atoms with Gasteiger partial charge in [-0.15, -0.1) is 0 Å². The smallest absolute Gasteiger partial charge is 0.220 e. The maximum atomic E-state index is 9.28. The van der Waals surface area contributed by atoms with E-state index in [4.69, 9.17) is 5.73 Å². The van der Waals surface area contributed by atoms with Crippen LogP contribution < -0.4 is 10.6 Å². The van der Waals surface area contributed by atoms with E-state index >= 15 is 0 Å². The lowest BCUT2D eigenvalue weighted by Crippen LogP contribution is -2.46. The molecule has 1 unspecified atom stereocenters. The van der Waals surface area contributed by atoms with Crippen LogP contribution in [0.3, 0.4) is 0 Å². The van der Waals surface area contributed by atoms with Gasteiger partial charge in [0, 0.05) is 37.1 Å². The SMILES string of the molecule is N#Cc1nccnc1N1CCCC2(CCc3cnc(N)nc32)C1. The molecule has 0 aromatic carbocycles. The summed E-state index contributed by atoms with van der Waals surface area (Å²) in [6.07, 6.45) is 9.18. The zero-order valence-electron chi connectivity index (χ0n) is 12.7. The molecule has 0 saturated carbocycles. The Kier molecular flexibility index (Phi) is 3.11. The molecule has 2 aromatic heterocycles. The minimum atomic E-state index is -0.0190. The van der Waals surface area contributed by atoms with Crippen molar-refractivity contribution in [1.82, 2.24) is 19.9 Å². The lowest BCUT2D eigenvalue weighted by Gasteiger charge is -2.41. The van der Waals surface area contributed by atoms with Gasteiger partial charge in [0.2, 0.25) is 5.95 Å². The second-order valence-corrected chi connectivity index (χ2v) is 6.25. The zero-order chi connectivity index (χ0) is 15.9. The molecule has 23 heavy (non-hydrogen) atoms. The summed E-state index contributed by atoms with van der Waals surface area (Å²) in [7, 11) is 0. The Bertz CT molecular complexity index is 793. The molecule has 1 fully saturated rings. The molecule has 0 amide bonds. The third-order valence-electron chi connectivity index (χ3n) is 4.92. The van der Waals surface area contributed by atoms with Gasteiger partial charge in [0.05, 0.1) is 5.69 Å². The molecule has 7 heteroatoms. The minimum absolute atomic E-state index is 0.0190.